The van der Waals surface area contributed by atoms with Gasteiger partial charge in [0.1, 0.15) is 11.8 Å². The third kappa shape index (κ3) is 2.04. The predicted molar refractivity (Wildman–Crippen MR) is 55.2 cm³/mol. The number of aryl methyl sites for hydroxylation is 1. The summed E-state index contributed by atoms with van der Waals surface area (Å²) in [5.74, 6) is 0.660. The largest absolute Gasteiger partial charge is 0.495 e. The zero-order valence-corrected chi connectivity index (χ0v) is 8.50. The van der Waals surface area contributed by atoms with Gasteiger partial charge < -0.3 is 10.5 Å². The van der Waals surface area contributed by atoms with Crippen LogP contribution >= 0.6 is 0 Å². The van der Waals surface area contributed by atoms with E-state index in [9.17, 15) is 0 Å². The van der Waals surface area contributed by atoms with Crippen LogP contribution in [0.5, 0.6) is 5.75 Å². The van der Waals surface area contributed by atoms with Gasteiger partial charge in [-0.25, -0.2) is 0 Å². The summed E-state index contributed by atoms with van der Waals surface area (Å²) in [6.45, 7) is 2.52. The number of methoxy groups -OCH3 is 1. The van der Waals surface area contributed by atoms with Crippen LogP contribution in [0.4, 0.5) is 0 Å². The van der Waals surface area contributed by atoms with E-state index in [1.807, 2.05) is 19.1 Å². The Morgan fingerprint density at radius 1 is 1.50 bits per heavy atom. The molecule has 0 bridgehead atoms. The Hall–Kier alpha value is -1.53. The number of benzene rings is 1. The lowest BCUT2D eigenvalue weighted by molar-refractivity contribution is 0.410. The van der Waals surface area contributed by atoms with Gasteiger partial charge in [-0.2, -0.15) is 5.26 Å². The first-order valence-corrected chi connectivity index (χ1v) is 4.50. The summed E-state index contributed by atoms with van der Waals surface area (Å²) in [6, 6.07) is 5.96. The van der Waals surface area contributed by atoms with Crippen molar-refractivity contribution in [1.82, 2.24) is 0 Å². The van der Waals surface area contributed by atoms with E-state index in [0.717, 1.165) is 17.5 Å². The molecule has 0 radical (unpaired) electrons. The van der Waals surface area contributed by atoms with Crippen LogP contribution in [-0.4, -0.2) is 13.7 Å². The fraction of sp³-hybridized carbons (Fsp3) is 0.364. The molecule has 1 rings (SSSR count). The molecule has 0 aliphatic rings. The van der Waals surface area contributed by atoms with Crippen LogP contribution in [0, 0.1) is 18.3 Å². The predicted octanol–water partition coefficient (Wildman–Crippen LogP) is 1.38. The summed E-state index contributed by atoms with van der Waals surface area (Å²) >= 11 is 0. The van der Waals surface area contributed by atoms with Crippen molar-refractivity contribution in [2.45, 2.75) is 13.3 Å². The van der Waals surface area contributed by atoms with Crippen molar-refractivity contribution in [3.8, 4) is 11.8 Å². The molecule has 0 saturated carbocycles. The molecule has 0 amide bonds. The maximum atomic E-state index is 8.91. The van der Waals surface area contributed by atoms with Gasteiger partial charge in [0.15, 0.2) is 0 Å². The lowest BCUT2D eigenvalue weighted by Crippen LogP contribution is -2.04. The number of rotatable bonds is 3. The van der Waals surface area contributed by atoms with Crippen LogP contribution in [0.1, 0.15) is 16.7 Å². The van der Waals surface area contributed by atoms with E-state index in [1.165, 1.54) is 0 Å². The molecular weight excluding hydrogens is 176 g/mol. The van der Waals surface area contributed by atoms with Gasteiger partial charge in [0.05, 0.1) is 12.7 Å². The minimum Gasteiger partial charge on any atom is -0.495 e. The summed E-state index contributed by atoms with van der Waals surface area (Å²) in [4.78, 5) is 0. The SMILES string of the molecule is COc1c(C)cc(CCN)cc1C#N. The minimum absolute atomic E-state index is 0.580. The van der Waals surface area contributed by atoms with E-state index in [4.69, 9.17) is 15.7 Å². The van der Waals surface area contributed by atoms with E-state index >= 15 is 0 Å². The number of ether oxygens (including phenoxy) is 1. The first kappa shape index (κ1) is 10.6. The first-order valence-electron chi connectivity index (χ1n) is 4.50. The van der Waals surface area contributed by atoms with Gasteiger partial charge in [-0.1, -0.05) is 6.07 Å². The van der Waals surface area contributed by atoms with Crippen LogP contribution in [0.25, 0.3) is 0 Å². The minimum atomic E-state index is 0.580. The van der Waals surface area contributed by atoms with Gasteiger partial charge in [-0.3, -0.25) is 0 Å². The van der Waals surface area contributed by atoms with Crippen molar-refractivity contribution >= 4 is 0 Å². The van der Waals surface area contributed by atoms with Gasteiger partial charge in [0, 0.05) is 0 Å². The average Bonchev–Trinajstić information content (AvgIpc) is 2.17. The Balaban J connectivity index is 3.19. The Morgan fingerprint density at radius 2 is 2.21 bits per heavy atom. The first-order chi connectivity index (χ1) is 6.72. The molecule has 0 spiro atoms. The summed E-state index contributed by atoms with van der Waals surface area (Å²) in [6.07, 6.45) is 0.791. The van der Waals surface area contributed by atoms with Gasteiger partial charge in [-0.15, -0.1) is 0 Å². The molecule has 14 heavy (non-hydrogen) atoms. The molecule has 1 aromatic rings. The molecule has 0 aromatic heterocycles. The summed E-state index contributed by atoms with van der Waals surface area (Å²) in [5, 5.41) is 8.91. The molecule has 0 aliphatic heterocycles. The Bertz CT molecular complexity index is 366. The normalized spacial score (nSPS) is 9.57. The van der Waals surface area contributed by atoms with Crippen LogP contribution in [0.2, 0.25) is 0 Å². The summed E-state index contributed by atoms with van der Waals surface area (Å²) < 4.78 is 5.15. The second-order valence-electron chi connectivity index (χ2n) is 3.14. The lowest BCUT2D eigenvalue weighted by Gasteiger charge is -2.08. The fourth-order valence-corrected chi connectivity index (χ4v) is 1.51. The van der Waals surface area contributed by atoms with Crippen molar-refractivity contribution in [3.63, 3.8) is 0 Å². The standard InChI is InChI=1S/C11H14N2O/c1-8-5-9(3-4-12)6-10(7-13)11(8)14-2/h5-6H,3-4,12H2,1-2H3. The third-order valence-electron chi connectivity index (χ3n) is 2.09. The Kier molecular flexibility index (Phi) is 3.49. The zero-order chi connectivity index (χ0) is 10.6. The number of hydrogen-bond acceptors (Lipinski definition) is 3. The van der Waals surface area contributed by atoms with Gasteiger partial charge >= 0.3 is 0 Å². The van der Waals surface area contributed by atoms with Crippen LogP contribution in [-0.2, 0) is 6.42 Å². The van der Waals surface area contributed by atoms with E-state index in [-0.39, 0.29) is 0 Å². The highest BCUT2D eigenvalue weighted by Crippen LogP contribution is 2.24. The van der Waals surface area contributed by atoms with Gasteiger partial charge in [-0.05, 0) is 37.1 Å². The monoisotopic (exact) mass is 190 g/mol. The molecule has 0 unspecified atom stereocenters. The summed E-state index contributed by atoms with van der Waals surface area (Å²) in [7, 11) is 1.58. The van der Waals surface area contributed by atoms with Crippen molar-refractivity contribution in [3.05, 3.63) is 28.8 Å². The maximum absolute atomic E-state index is 8.91. The zero-order valence-electron chi connectivity index (χ0n) is 8.50. The Labute approximate surface area is 84.1 Å². The highest BCUT2D eigenvalue weighted by atomic mass is 16.5. The highest BCUT2D eigenvalue weighted by Gasteiger charge is 2.07. The van der Waals surface area contributed by atoms with Crippen LogP contribution in [0.15, 0.2) is 12.1 Å². The molecule has 3 heteroatoms. The van der Waals surface area contributed by atoms with Gasteiger partial charge in [0.25, 0.3) is 0 Å². The molecule has 1 aromatic carbocycles. The third-order valence-corrected chi connectivity index (χ3v) is 2.09. The molecule has 3 nitrogen and oxygen atoms in total. The second kappa shape index (κ2) is 4.64. The molecule has 0 heterocycles. The highest BCUT2D eigenvalue weighted by molar-refractivity contribution is 5.50. The molecule has 2 N–H and O–H groups in total. The smallest absolute Gasteiger partial charge is 0.139 e. The number of nitriles is 1. The lowest BCUT2D eigenvalue weighted by atomic mass is 10.0. The average molecular weight is 190 g/mol. The number of nitrogens with zero attached hydrogens (tertiary/aromatic N) is 1. The molecule has 0 saturated heterocycles. The topological polar surface area (TPSA) is 59.0 Å². The molecule has 0 atom stereocenters. The maximum Gasteiger partial charge on any atom is 0.139 e. The summed E-state index contributed by atoms with van der Waals surface area (Å²) in [5.41, 5.74) is 8.11. The van der Waals surface area contributed by atoms with E-state index in [1.54, 1.807) is 7.11 Å². The van der Waals surface area contributed by atoms with Crippen molar-refractivity contribution < 1.29 is 4.74 Å². The van der Waals surface area contributed by atoms with E-state index in [2.05, 4.69) is 6.07 Å². The second-order valence-corrected chi connectivity index (χ2v) is 3.14. The van der Waals surface area contributed by atoms with Crippen molar-refractivity contribution in [1.29, 1.82) is 5.26 Å². The molecule has 0 fully saturated rings. The van der Waals surface area contributed by atoms with Crippen molar-refractivity contribution in [2.75, 3.05) is 13.7 Å². The molecular formula is C11H14N2O. The van der Waals surface area contributed by atoms with E-state index in [0.29, 0.717) is 17.9 Å². The molecule has 0 aliphatic carbocycles. The Morgan fingerprint density at radius 3 is 2.71 bits per heavy atom. The fourth-order valence-electron chi connectivity index (χ4n) is 1.51. The molecule has 74 valence electrons. The van der Waals surface area contributed by atoms with Crippen LogP contribution in [0.3, 0.4) is 0 Å². The number of nitrogens with two attached hydrogens (primary N) is 1. The van der Waals surface area contributed by atoms with Crippen LogP contribution < -0.4 is 10.5 Å². The number of hydrogen-bond donors (Lipinski definition) is 1. The van der Waals surface area contributed by atoms with Crippen molar-refractivity contribution in [2.24, 2.45) is 5.73 Å². The quantitative estimate of drug-likeness (QED) is 0.783. The van der Waals surface area contributed by atoms with E-state index < -0.39 is 0 Å². The van der Waals surface area contributed by atoms with Gasteiger partial charge in [0.2, 0.25) is 0 Å².